The highest BCUT2D eigenvalue weighted by molar-refractivity contribution is 5.91. The molecule has 0 atom stereocenters. The van der Waals surface area contributed by atoms with Gasteiger partial charge in [0.2, 0.25) is 17.7 Å². The van der Waals surface area contributed by atoms with Crippen LogP contribution in [-0.2, 0) is 11.2 Å². The van der Waals surface area contributed by atoms with Crippen molar-refractivity contribution in [2.45, 2.75) is 13.3 Å². The molecule has 0 aliphatic rings. The second-order valence-electron chi connectivity index (χ2n) is 6.09. The Morgan fingerprint density at radius 1 is 1.11 bits per heavy atom. The third-order valence-corrected chi connectivity index (χ3v) is 4.08. The number of carbonyl (C=O) groups is 1. The largest absolute Gasteiger partial charge is 0.494 e. The maximum absolute atomic E-state index is 12.2. The highest BCUT2D eigenvalue weighted by atomic mass is 16.5. The number of anilines is 1. The Balaban J connectivity index is 1.42. The topological polar surface area (TPSA) is 90.1 Å². The molecule has 2 aromatic carbocycles. The number of fused-ring (bicyclic) bond motifs is 1. The predicted molar refractivity (Wildman–Crippen MR) is 105 cm³/mol. The third kappa shape index (κ3) is 3.98. The number of benzene rings is 2. The molecule has 1 amide bonds. The van der Waals surface area contributed by atoms with E-state index in [1.54, 1.807) is 30.5 Å². The van der Waals surface area contributed by atoms with Crippen molar-refractivity contribution in [3.05, 3.63) is 66.7 Å². The molecule has 0 aliphatic carbocycles. The molecule has 0 unspecified atom stereocenters. The molecule has 1 N–H and O–H groups in total. The van der Waals surface area contributed by atoms with Crippen molar-refractivity contribution in [2.75, 3.05) is 11.9 Å². The Bertz CT molecular complexity index is 1110. The highest BCUT2D eigenvalue weighted by Gasteiger charge is 2.13. The minimum atomic E-state index is -0.234. The van der Waals surface area contributed by atoms with Crippen LogP contribution in [0.1, 0.15) is 12.8 Å². The van der Waals surface area contributed by atoms with Crippen molar-refractivity contribution < 1.29 is 13.9 Å². The number of hydrogen-bond acceptors (Lipinski definition) is 6. The van der Waals surface area contributed by atoms with E-state index in [0.717, 1.165) is 22.2 Å². The van der Waals surface area contributed by atoms with E-state index in [2.05, 4.69) is 20.5 Å². The molecule has 4 rings (SSSR count). The average molecular weight is 374 g/mol. The first kappa shape index (κ1) is 17.7. The molecule has 0 radical (unpaired) electrons. The zero-order valence-electron chi connectivity index (χ0n) is 15.3. The first-order chi connectivity index (χ1) is 13.7. The van der Waals surface area contributed by atoms with Crippen molar-refractivity contribution in [2.24, 2.45) is 0 Å². The lowest BCUT2D eigenvalue weighted by atomic mass is 10.1. The van der Waals surface area contributed by atoms with Gasteiger partial charge in [0, 0.05) is 22.8 Å². The molecular formula is C21H18N4O3. The van der Waals surface area contributed by atoms with Gasteiger partial charge in [0.25, 0.3) is 0 Å². The number of nitrogens with one attached hydrogen (secondary N) is 1. The van der Waals surface area contributed by atoms with Crippen LogP contribution in [0.4, 0.5) is 5.69 Å². The minimum Gasteiger partial charge on any atom is -0.494 e. The number of rotatable bonds is 6. The smallest absolute Gasteiger partial charge is 0.247 e. The molecule has 140 valence electrons. The maximum atomic E-state index is 12.2. The summed E-state index contributed by atoms with van der Waals surface area (Å²) in [4.78, 5) is 16.5. The van der Waals surface area contributed by atoms with E-state index in [9.17, 15) is 4.79 Å². The van der Waals surface area contributed by atoms with Crippen LogP contribution in [0.15, 0.2) is 65.2 Å². The summed E-state index contributed by atoms with van der Waals surface area (Å²) in [5.74, 6) is 1.15. The lowest BCUT2D eigenvalue weighted by Crippen LogP contribution is -2.14. The number of aromatic nitrogens is 3. The van der Waals surface area contributed by atoms with E-state index in [4.69, 9.17) is 9.15 Å². The van der Waals surface area contributed by atoms with E-state index < -0.39 is 0 Å². The van der Waals surface area contributed by atoms with Gasteiger partial charge in [0.05, 0.1) is 12.1 Å². The van der Waals surface area contributed by atoms with Crippen molar-refractivity contribution in [3.63, 3.8) is 0 Å². The van der Waals surface area contributed by atoms with Gasteiger partial charge < -0.3 is 14.5 Å². The van der Waals surface area contributed by atoms with Crippen LogP contribution < -0.4 is 10.1 Å². The lowest BCUT2D eigenvalue weighted by molar-refractivity contribution is -0.115. The normalized spacial score (nSPS) is 10.8. The van der Waals surface area contributed by atoms with Crippen molar-refractivity contribution in [3.8, 4) is 17.2 Å². The van der Waals surface area contributed by atoms with E-state index >= 15 is 0 Å². The van der Waals surface area contributed by atoms with Crippen molar-refractivity contribution in [1.82, 2.24) is 15.2 Å². The summed E-state index contributed by atoms with van der Waals surface area (Å²) in [6, 6.07) is 16.7. The van der Waals surface area contributed by atoms with E-state index in [0.29, 0.717) is 18.2 Å². The van der Waals surface area contributed by atoms with Gasteiger partial charge in [-0.3, -0.25) is 9.78 Å². The van der Waals surface area contributed by atoms with Gasteiger partial charge in [-0.2, -0.15) is 0 Å². The highest BCUT2D eigenvalue weighted by Crippen LogP contribution is 2.23. The van der Waals surface area contributed by atoms with Gasteiger partial charge in [0.1, 0.15) is 12.2 Å². The Morgan fingerprint density at radius 2 is 1.96 bits per heavy atom. The number of amides is 1. The number of pyridine rings is 1. The fourth-order valence-corrected chi connectivity index (χ4v) is 2.79. The number of carbonyl (C=O) groups excluding carboxylic acids is 1. The SMILES string of the molecule is CCOc1ccc(NC(=O)Cc2nnc(-c3ccc4ncccc4c3)o2)cc1. The fraction of sp³-hybridized carbons (Fsp3) is 0.143. The third-order valence-electron chi connectivity index (χ3n) is 4.08. The number of nitrogens with zero attached hydrogens (tertiary/aromatic N) is 3. The molecule has 2 heterocycles. The molecule has 4 aromatic rings. The van der Waals surface area contributed by atoms with Gasteiger partial charge in [-0.05, 0) is 55.5 Å². The Morgan fingerprint density at radius 3 is 2.79 bits per heavy atom. The van der Waals surface area contributed by atoms with E-state index in [1.165, 1.54) is 0 Å². The van der Waals surface area contributed by atoms with Crippen LogP contribution in [0.2, 0.25) is 0 Å². The first-order valence-corrected chi connectivity index (χ1v) is 8.91. The van der Waals surface area contributed by atoms with Crippen LogP contribution in [0.25, 0.3) is 22.4 Å². The van der Waals surface area contributed by atoms with E-state index in [1.807, 2.05) is 37.3 Å². The summed E-state index contributed by atoms with van der Waals surface area (Å²) in [6.45, 7) is 2.52. The second-order valence-corrected chi connectivity index (χ2v) is 6.09. The van der Waals surface area contributed by atoms with Gasteiger partial charge in [-0.1, -0.05) is 6.07 Å². The summed E-state index contributed by atoms with van der Waals surface area (Å²) >= 11 is 0. The van der Waals surface area contributed by atoms with Crippen LogP contribution in [0.5, 0.6) is 5.75 Å². The molecule has 7 nitrogen and oxygen atoms in total. The maximum Gasteiger partial charge on any atom is 0.247 e. The van der Waals surface area contributed by atoms with Gasteiger partial charge in [-0.25, -0.2) is 0 Å². The molecular weight excluding hydrogens is 356 g/mol. The lowest BCUT2D eigenvalue weighted by Gasteiger charge is -2.06. The zero-order valence-corrected chi connectivity index (χ0v) is 15.3. The van der Waals surface area contributed by atoms with Crippen LogP contribution >= 0.6 is 0 Å². The van der Waals surface area contributed by atoms with Crippen LogP contribution in [0, 0.1) is 0 Å². The minimum absolute atomic E-state index is 0.00461. The Labute approximate surface area is 161 Å². The average Bonchev–Trinajstić information content (AvgIpc) is 3.17. The summed E-state index contributed by atoms with van der Waals surface area (Å²) in [5.41, 5.74) is 2.35. The fourth-order valence-electron chi connectivity index (χ4n) is 2.79. The molecule has 0 bridgehead atoms. The van der Waals surface area contributed by atoms with Crippen LogP contribution in [0.3, 0.4) is 0 Å². The van der Waals surface area contributed by atoms with Crippen molar-refractivity contribution in [1.29, 1.82) is 0 Å². The molecule has 2 aromatic heterocycles. The summed E-state index contributed by atoms with van der Waals surface area (Å²) < 4.78 is 11.0. The predicted octanol–water partition coefficient (Wildman–Crippen LogP) is 3.86. The summed E-state index contributed by atoms with van der Waals surface area (Å²) in [7, 11) is 0. The standard InChI is InChI=1S/C21H18N4O3/c1-2-27-17-8-6-16(7-9-17)23-19(26)13-20-24-25-21(28-20)15-5-10-18-14(12-15)4-3-11-22-18/h3-12H,2,13H2,1H3,(H,23,26). The molecule has 0 saturated carbocycles. The molecule has 0 fully saturated rings. The Hall–Kier alpha value is -3.74. The molecule has 0 saturated heterocycles. The zero-order chi connectivity index (χ0) is 19.3. The molecule has 0 spiro atoms. The van der Waals surface area contributed by atoms with Gasteiger partial charge in [-0.15, -0.1) is 10.2 Å². The number of hydrogen-bond donors (Lipinski definition) is 1. The van der Waals surface area contributed by atoms with E-state index in [-0.39, 0.29) is 18.2 Å². The number of ether oxygens (including phenoxy) is 1. The quantitative estimate of drug-likeness (QED) is 0.551. The molecule has 0 aliphatic heterocycles. The first-order valence-electron chi connectivity index (χ1n) is 8.91. The Kier molecular flexibility index (Phi) is 4.97. The molecule has 28 heavy (non-hydrogen) atoms. The van der Waals surface area contributed by atoms with Crippen LogP contribution in [-0.4, -0.2) is 27.7 Å². The molecule has 7 heteroatoms. The summed E-state index contributed by atoms with van der Waals surface area (Å²) in [6.07, 6.45) is 1.74. The van der Waals surface area contributed by atoms with Crippen molar-refractivity contribution >= 4 is 22.5 Å². The summed E-state index contributed by atoms with van der Waals surface area (Å²) in [5, 5.41) is 11.8. The van der Waals surface area contributed by atoms with Gasteiger partial charge >= 0.3 is 0 Å². The second kappa shape index (κ2) is 7.87. The monoisotopic (exact) mass is 374 g/mol. The van der Waals surface area contributed by atoms with Gasteiger partial charge in [0.15, 0.2) is 0 Å².